The first-order valence-electron chi connectivity index (χ1n) is 6.05. The molecular formula is C13H21NO3. The van der Waals surface area contributed by atoms with E-state index in [1.54, 1.807) is 13.1 Å². The van der Waals surface area contributed by atoms with E-state index in [4.69, 9.17) is 4.74 Å². The van der Waals surface area contributed by atoms with E-state index in [9.17, 15) is 10.2 Å². The molecule has 4 heteroatoms. The van der Waals surface area contributed by atoms with Crippen LogP contribution in [0.4, 0.5) is 0 Å². The third-order valence-electron chi connectivity index (χ3n) is 2.74. The highest BCUT2D eigenvalue weighted by Crippen LogP contribution is 2.24. The standard InChI is InChI=1S/C13H21NO3/c1-3-4-5-6-17-9-11-7-14-10(2)13(16)12(11)8-15/h7,15-16H,3-6,8-9H2,1-2H3. The second kappa shape index (κ2) is 7.25. The lowest BCUT2D eigenvalue weighted by atomic mass is 10.1. The average molecular weight is 239 g/mol. The summed E-state index contributed by atoms with van der Waals surface area (Å²) in [5, 5.41) is 19.0. The summed E-state index contributed by atoms with van der Waals surface area (Å²) in [5.41, 5.74) is 1.81. The van der Waals surface area contributed by atoms with Gasteiger partial charge in [0.2, 0.25) is 0 Å². The molecule has 0 aromatic carbocycles. The van der Waals surface area contributed by atoms with Gasteiger partial charge in [0, 0.05) is 23.9 Å². The molecule has 0 aliphatic rings. The van der Waals surface area contributed by atoms with Gasteiger partial charge in [-0.15, -0.1) is 0 Å². The van der Waals surface area contributed by atoms with E-state index < -0.39 is 0 Å². The molecule has 0 saturated carbocycles. The van der Waals surface area contributed by atoms with Crippen molar-refractivity contribution in [2.75, 3.05) is 6.61 Å². The number of ether oxygens (including phenoxy) is 1. The van der Waals surface area contributed by atoms with Gasteiger partial charge in [-0.1, -0.05) is 19.8 Å². The zero-order valence-corrected chi connectivity index (χ0v) is 10.6. The van der Waals surface area contributed by atoms with Crippen molar-refractivity contribution in [3.8, 4) is 5.75 Å². The highest BCUT2D eigenvalue weighted by Gasteiger charge is 2.10. The van der Waals surface area contributed by atoms with E-state index in [2.05, 4.69) is 11.9 Å². The number of aromatic nitrogens is 1. The summed E-state index contributed by atoms with van der Waals surface area (Å²) in [6, 6.07) is 0. The van der Waals surface area contributed by atoms with Gasteiger partial charge in [0.05, 0.1) is 18.9 Å². The van der Waals surface area contributed by atoms with E-state index in [-0.39, 0.29) is 12.4 Å². The van der Waals surface area contributed by atoms with Gasteiger partial charge in [0.25, 0.3) is 0 Å². The molecule has 2 N–H and O–H groups in total. The predicted molar refractivity (Wildman–Crippen MR) is 65.7 cm³/mol. The first-order chi connectivity index (χ1) is 8.20. The Morgan fingerprint density at radius 2 is 2.12 bits per heavy atom. The number of pyridine rings is 1. The summed E-state index contributed by atoms with van der Waals surface area (Å²) in [7, 11) is 0. The number of rotatable bonds is 7. The lowest BCUT2D eigenvalue weighted by Gasteiger charge is -2.11. The summed E-state index contributed by atoms with van der Waals surface area (Å²) in [5.74, 6) is 0.0714. The normalized spacial score (nSPS) is 10.8. The number of unbranched alkanes of at least 4 members (excludes halogenated alkanes) is 2. The van der Waals surface area contributed by atoms with Crippen LogP contribution in [0.15, 0.2) is 6.20 Å². The summed E-state index contributed by atoms with van der Waals surface area (Å²) in [6.45, 7) is 4.75. The Morgan fingerprint density at radius 3 is 2.76 bits per heavy atom. The van der Waals surface area contributed by atoms with Crippen molar-refractivity contribution in [3.63, 3.8) is 0 Å². The number of aliphatic hydroxyl groups excluding tert-OH is 1. The predicted octanol–water partition coefficient (Wildman–Crippen LogP) is 2.29. The summed E-state index contributed by atoms with van der Waals surface area (Å²) >= 11 is 0. The number of aliphatic hydroxyl groups is 1. The van der Waals surface area contributed by atoms with Crippen molar-refractivity contribution < 1.29 is 14.9 Å². The molecule has 1 heterocycles. The molecule has 0 saturated heterocycles. The molecule has 1 rings (SSSR count). The third-order valence-corrected chi connectivity index (χ3v) is 2.74. The Bertz CT molecular complexity index is 353. The van der Waals surface area contributed by atoms with Crippen LogP contribution in [0.2, 0.25) is 0 Å². The van der Waals surface area contributed by atoms with Crippen LogP contribution in [0.25, 0.3) is 0 Å². The van der Waals surface area contributed by atoms with Crippen molar-refractivity contribution in [1.82, 2.24) is 4.98 Å². The van der Waals surface area contributed by atoms with E-state index in [1.165, 1.54) is 0 Å². The molecule has 0 atom stereocenters. The minimum Gasteiger partial charge on any atom is -0.506 e. The van der Waals surface area contributed by atoms with Crippen molar-refractivity contribution >= 4 is 0 Å². The van der Waals surface area contributed by atoms with Crippen LogP contribution in [-0.2, 0) is 18.0 Å². The summed E-state index contributed by atoms with van der Waals surface area (Å²) in [4.78, 5) is 4.06. The van der Waals surface area contributed by atoms with Crippen LogP contribution in [0, 0.1) is 6.92 Å². The first-order valence-corrected chi connectivity index (χ1v) is 6.05. The number of nitrogens with zero attached hydrogens (tertiary/aromatic N) is 1. The van der Waals surface area contributed by atoms with Crippen molar-refractivity contribution in [2.24, 2.45) is 0 Å². The molecule has 0 unspecified atom stereocenters. The zero-order chi connectivity index (χ0) is 12.7. The Kier molecular flexibility index (Phi) is 5.94. The van der Waals surface area contributed by atoms with Crippen LogP contribution >= 0.6 is 0 Å². The molecule has 0 bridgehead atoms. The maximum absolute atomic E-state index is 9.74. The van der Waals surface area contributed by atoms with Gasteiger partial charge >= 0.3 is 0 Å². The number of hydrogen-bond donors (Lipinski definition) is 2. The third kappa shape index (κ3) is 3.98. The van der Waals surface area contributed by atoms with E-state index in [0.29, 0.717) is 24.5 Å². The molecule has 0 spiro atoms. The minimum atomic E-state index is -0.192. The SMILES string of the molecule is CCCCCOCc1cnc(C)c(O)c1CO. The summed E-state index contributed by atoms with van der Waals surface area (Å²) in [6.07, 6.45) is 5.01. The zero-order valence-electron chi connectivity index (χ0n) is 10.6. The fraction of sp³-hybridized carbons (Fsp3) is 0.615. The molecule has 1 aromatic heterocycles. The van der Waals surface area contributed by atoms with Gasteiger partial charge in [-0.2, -0.15) is 0 Å². The molecule has 0 aliphatic heterocycles. The molecule has 96 valence electrons. The molecule has 17 heavy (non-hydrogen) atoms. The molecule has 4 nitrogen and oxygen atoms in total. The van der Waals surface area contributed by atoms with Gasteiger partial charge in [-0.3, -0.25) is 4.98 Å². The second-order valence-corrected chi connectivity index (χ2v) is 4.11. The quantitative estimate of drug-likeness (QED) is 0.717. The van der Waals surface area contributed by atoms with Crippen LogP contribution in [-0.4, -0.2) is 21.8 Å². The maximum atomic E-state index is 9.74. The number of aromatic hydroxyl groups is 1. The van der Waals surface area contributed by atoms with E-state index >= 15 is 0 Å². The fourth-order valence-corrected chi connectivity index (χ4v) is 1.62. The Labute approximate surface area is 102 Å². The van der Waals surface area contributed by atoms with Crippen LogP contribution in [0.3, 0.4) is 0 Å². The molecule has 0 amide bonds. The molecule has 0 aliphatic carbocycles. The molecule has 0 fully saturated rings. The maximum Gasteiger partial charge on any atom is 0.142 e. The Hall–Kier alpha value is -1.13. The smallest absolute Gasteiger partial charge is 0.142 e. The minimum absolute atomic E-state index is 0.0714. The van der Waals surface area contributed by atoms with Gasteiger partial charge in [0.15, 0.2) is 0 Å². The van der Waals surface area contributed by atoms with Crippen molar-refractivity contribution in [3.05, 3.63) is 23.0 Å². The Balaban J connectivity index is 2.56. The first kappa shape index (κ1) is 13.9. The van der Waals surface area contributed by atoms with Crippen LogP contribution in [0.1, 0.15) is 43.0 Å². The number of aryl methyl sites for hydroxylation is 1. The van der Waals surface area contributed by atoms with Gasteiger partial charge < -0.3 is 14.9 Å². The molecule has 0 radical (unpaired) electrons. The highest BCUT2D eigenvalue weighted by atomic mass is 16.5. The van der Waals surface area contributed by atoms with E-state index in [0.717, 1.165) is 24.8 Å². The molecule has 1 aromatic rings. The van der Waals surface area contributed by atoms with E-state index in [1.807, 2.05) is 0 Å². The van der Waals surface area contributed by atoms with Crippen molar-refractivity contribution in [1.29, 1.82) is 0 Å². The fourth-order valence-electron chi connectivity index (χ4n) is 1.62. The van der Waals surface area contributed by atoms with Crippen molar-refractivity contribution in [2.45, 2.75) is 46.3 Å². The largest absolute Gasteiger partial charge is 0.506 e. The Morgan fingerprint density at radius 1 is 1.35 bits per heavy atom. The number of hydrogen-bond acceptors (Lipinski definition) is 4. The lowest BCUT2D eigenvalue weighted by Crippen LogP contribution is -2.02. The topological polar surface area (TPSA) is 62.6 Å². The van der Waals surface area contributed by atoms with Gasteiger partial charge in [0.1, 0.15) is 5.75 Å². The highest BCUT2D eigenvalue weighted by molar-refractivity contribution is 5.39. The van der Waals surface area contributed by atoms with Crippen LogP contribution < -0.4 is 0 Å². The average Bonchev–Trinajstić information content (AvgIpc) is 2.33. The van der Waals surface area contributed by atoms with Gasteiger partial charge in [-0.05, 0) is 13.3 Å². The molecular weight excluding hydrogens is 218 g/mol. The lowest BCUT2D eigenvalue weighted by molar-refractivity contribution is 0.115. The second-order valence-electron chi connectivity index (χ2n) is 4.11. The monoisotopic (exact) mass is 239 g/mol. The van der Waals surface area contributed by atoms with Gasteiger partial charge in [-0.25, -0.2) is 0 Å². The summed E-state index contributed by atoms with van der Waals surface area (Å²) < 4.78 is 5.50. The van der Waals surface area contributed by atoms with Crippen LogP contribution in [0.5, 0.6) is 5.75 Å².